The summed E-state index contributed by atoms with van der Waals surface area (Å²) in [6, 6.07) is 10.6. The zero-order valence-corrected chi connectivity index (χ0v) is 22.1. The van der Waals surface area contributed by atoms with Crippen LogP contribution in [0, 0.1) is 0 Å². The van der Waals surface area contributed by atoms with Crippen molar-refractivity contribution >= 4 is 21.9 Å². The Hall–Kier alpha value is -5.87. The Labute approximate surface area is 268 Å². The molecule has 0 bridgehead atoms. The molecule has 0 spiro atoms. The van der Waals surface area contributed by atoms with E-state index in [1.807, 2.05) is 48.5 Å². The summed E-state index contributed by atoms with van der Waals surface area (Å²) in [6.07, 6.45) is 0. The van der Waals surface area contributed by atoms with Crippen molar-refractivity contribution < 1.29 is 23.6 Å². The quantitative estimate of drug-likeness (QED) is 0.208. The SMILES string of the molecule is [2H]c1c([2H])c([2H])c(-c2nc(-c3cccc(-c4ccc5c(c4)oc4ccccc45)c3)nc(-c3c([2H])c([2H])c(-c4c([2H])c([2H])c([2H])c([2H])c4[2H])c([2H])c3[2H])n2)c([2H])c1[2H]. The lowest BCUT2D eigenvalue weighted by Gasteiger charge is -2.10. The topological polar surface area (TPSA) is 51.8 Å². The summed E-state index contributed by atoms with van der Waals surface area (Å²) in [5.41, 5.74) is 1.28. The van der Waals surface area contributed by atoms with E-state index < -0.39 is 118 Å². The van der Waals surface area contributed by atoms with Gasteiger partial charge in [0.25, 0.3) is 0 Å². The number of furan rings is 1. The summed E-state index contributed by atoms with van der Waals surface area (Å²) in [5, 5.41) is 1.88. The molecule has 0 aliphatic heterocycles. The smallest absolute Gasteiger partial charge is 0.164 e. The molecular formula is C39H25N3O. The minimum absolute atomic E-state index is 0.0972. The normalized spacial score (nSPS) is 15.8. The molecule has 0 aliphatic rings. The third-order valence-corrected chi connectivity index (χ3v) is 6.79. The van der Waals surface area contributed by atoms with Crippen LogP contribution in [0.25, 0.3) is 78.4 Å². The molecule has 2 heterocycles. The van der Waals surface area contributed by atoms with Gasteiger partial charge in [-0.2, -0.15) is 0 Å². The van der Waals surface area contributed by atoms with Crippen molar-refractivity contribution in [1.82, 2.24) is 15.0 Å². The highest BCUT2D eigenvalue weighted by molar-refractivity contribution is 6.05. The fourth-order valence-corrected chi connectivity index (χ4v) is 4.76. The average molecular weight is 566 g/mol. The standard InChI is InChI=1S/C39H25N3O/c1-3-10-26(11-4-1)27-18-20-29(21-19-27)38-40-37(28-12-5-2-6-13-28)41-39(42-38)32-15-9-14-30(24-32)31-22-23-34-33-16-7-8-17-35(33)43-36(34)25-31/h1-25H/i1D,2D,3D,4D,5D,6D,10D,11D,12D,13D,18D,19D,20D,21D. The number of hydrogen-bond donors (Lipinski definition) is 0. The summed E-state index contributed by atoms with van der Waals surface area (Å²) in [4.78, 5) is 13.5. The molecule has 0 unspecified atom stereocenters. The van der Waals surface area contributed by atoms with Crippen molar-refractivity contribution in [3.63, 3.8) is 0 Å². The summed E-state index contributed by atoms with van der Waals surface area (Å²) in [6.45, 7) is 0. The lowest BCUT2D eigenvalue weighted by molar-refractivity contribution is 0.669. The lowest BCUT2D eigenvalue weighted by atomic mass is 10.0. The van der Waals surface area contributed by atoms with E-state index in [4.69, 9.17) is 23.6 Å². The third-order valence-electron chi connectivity index (χ3n) is 6.79. The highest BCUT2D eigenvalue weighted by Gasteiger charge is 2.14. The van der Waals surface area contributed by atoms with E-state index in [1.165, 1.54) is 0 Å². The first-order chi connectivity index (χ1) is 27.1. The van der Waals surface area contributed by atoms with Gasteiger partial charge in [0, 0.05) is 27.5 Å². The molecule has 0 N–H and O–H groups in total. The Morgan fingerprint density at radius 3 is 1.67 bits per heavy atom. The van der Waals surface area contributed by atoms with Gasteiger partial charge >= 0.3 is 0 Å². The summed E-state index contributed by atoms with van der Waals surface area (Å²) < 4.78 is 125. The van der Waals surface area contributed by atoms with Crippen molar-refractivity contribution in [3.8, 4) is 56.4 Å². The first kappa shape index (κ1) is 14.3. The highest BCUT2D eigenvalue weighted by atomic mass is 16.3. The number of hydrogen-bond acceptors (Lipinski definition) is 4. The Morgan fingerprint density at radius 2 is 0.930 bits per heavy atom. The number of nitrogens with zero attached hydrogens (tertiary/aromatic N) is 3. The fraction of sp³-hybridized carbons (Fsp3) is 0. The number of benzene rings is 6. The maximum atomic E-state index is 9.02. The van der Waals surface area contributed by atoms with Crippen LogP contribution in [0.2, 0.25) is 0 Å². The first-order valence-electron chi connectivity index (χ1n) is 20.1. The maximum absolute atomic E-state index is 9.02. The van der Waals surface area contributed by atoms with E-state index in [0.717, 1.165) is 21.9 Å². The van der Waals surface area contributed by atoms with Gasteiger partial charge in [-0.25, -0.2) is 15.0 Å². The Morgan fingerprint density at radius 1 is 0.395 bits per heavy atom. The second kappa shape index (κ2) is 10.5. The molecule has 4 nitrogen and oxygen atoms in total. The molecule has 0 saturated carbocycles. The molecule has 0 saturated heterocycles. The van der Waals surface area contributed by atoms with E-state index in [-0.39, 0.29) is 5.82 Å². The van der Waals surface area contributed by atoms with Crippen molar-refractivity contribution in [2.45, 2.75) is 0 Å². The fourth-order valence-electron chi connectivity index (χ4n) is 4.76. The van der Waals surface area contributed by atoms with Gasteiger partial charge in [0.15, 0.2) is 17.5 Å². The van der Waals surface area contributed by atoms with Gasteiger partial charge in [0.2, 0.25) is 0 Å². The van der Waals surface area contributed by atoms with E-state index in [2.05, 4.69) is 15.0 Å². The molecule has 0 fully saturated rings. The summed E-state index contributed by atoms with van der Waals surface area (Å²) in [5.74, 6) is -0.951. The van der Waals surface area contributed by atoms with E-state index >= 15 is 0 Å². The third kappa shape index (κ3) is 4.75. The van der Waals surface area contributed by atoms with E-state index in [1.54, 1.807) is 18.2 Å². The lowest BCUT2D eigenvalue weighted by Crippen LogP contribution is -2.00. The molecule has 8 aromatic rings. The largest absolute Gasteiger partial charge is 0.456 e. The van der Waals surface area contributed by atoms with Gasteiger partial charge < -0.3 is 4.42 Å². The average Bonchev–Trinajstić information content (AvgIpc) is 3.59. The van der Waals surface area contributed by atoms with Crippen LogP contribution in [-0.2, 0) is 0 Å². The van der Waals surface area contributed by atoms with Crippen LogP contribution in [0.5, 0.6) is 0 Å². The van der Waals surface area contributed by atoms with Crippen LogP contribution >= 0.6 is 0 Å². The van der Waals surface area contributed by atoms with Crippen molar-refractivity contribution in [2.24, 2.45) is 0 Å². The van der Waals surface area contributed by atoms with Crippen LogP contribution < -0.4 is 0 Å². The van der Waals surface area contributed by atoms with Gasteiger partial charge in [-0.1, -0.05) is 127 Å². The summed E-state index contributed by atoms with van der Waals surface area (Å²) >= 11 is 0. The van der Waals surface area contributed by atoms with Crippen LogP contribution in [0.1, 0.15) is 19.2 Å². The molecule has 4 heteroatoms. The number of aromatic nitrogens is 3. The minimum Gasteiger partial charge on any atom is -0.456 e. The maximum Gasteiger partial charge on any atom is 0.164 e. The highest BCUT2D eigenvalue weighted by Crippen LogP contribution is 2.34. The van der Waals surface area contributed by atoms with Gasteiger partial charge in [-0.3, -0.25) is 0 Å². The van der Waals surface area contributed by atoms with Crippen molar-refractivity contribution in [2.75, 3.05) is 0 Å². The van der Waals surface area contributed by atoms with E-state index in [9.17, 15) is 0 Å². The molecule has 8 rings (SSSR count). The molecule has 0 atom stereocenters. The molecule has 202 valence electrons. The molecule has 2 aromatic heterocycles. The Bertz CT molecular complexity index is 2950. The molecule has 43 heavy (non-hydrogen) atoms. The molecular weight excluding hydrogens is 526 g/mol. The second-order valence-electron chi connectivity index (χ2n) is 9.45. The van der Waals surface area contributed by atoms with Gasteiger partial charge in [-0.05, 0) is 46.5 Å². The monoisotopic (exact) mass is 565 g/mol. The predicted molar refractivity (Wildman–Crippen MR) is 174 cm³/mol. The zero-order chi connectivity index (χ0) is 40.8. The number of fused-ring (bicyclic) bond motifs is 3. The van der Waals surface area contributed by atoms with Crippen molar-refractivity contribution in [1.29, 1.82) is 0 Å². The zero-order valence-electron chi connectivity index (χ0n) is 36.1. The van der Waals surface area contributed by atoms with Crippen LogP contribution in [0.4, 0.5) is 0 Å². The van der Waals surface area contributed by atoms with Crippen LogP contribution in [0.15, 0.2) is 156 Å². The molecule has 0 amide bonds. The van der Waals surface area contributed by atoms with Gasteiger partial charge in [-0.15, -0.1) is 0 Å². The Balaban J connectivity index is 1.36. The van der Waals surface area contributed by atoms with Gasteiger partial charge in [0.05, 0.1) is 19.2 Å². The Kier molecular flexibility index (Phi) is 3.51. The molecule has 6 aromatic carbocycles. The number of rotatable bonds is 5. The first-order valence-corrected chi connectivity index (χ1v) is 13.1. The predicted octanol–water partition coefficient (Wildman–Crippen LogP) is 10.1. The number of para-hydroxylation sites is 1. The van der Waals surface area contributed by atoms with Crippen LogP contribution in [-0.4, -0.2) is 15.0 Å². The second-order valence-corrected chi connectivity index (χ2v) is 9.45. The minimum atomic E-state index is -0.751. The van der Waals surface area contributed by atoms with Crippen LogP contribution in [0.3, 0.4) is 0 Å². The molecule has 0 aliphatic carbocycles. The summed E-state index contributed by atoms with van der Waals surface area (Å²) in [7, 11) is 0. The van der Waals surface area contributed by atoms with E-state index in [0.29, 0.717) is 16.7 Å². The van der Waals surface area contributed by atoms with Crippen molar-refractivity contribution in [3.05, 3.63) is 151 Å². The van der Waals surface area contributed by atoms with Gasteiger partial charge in [0.1, 0.15) is 11.2 Å². The molecule has 0 radical (unpaired) electrons.